The van der Waals surface area contributed by atoms with Crippen LogP contribution in [0.4, 0.5) is 0 Å². The van der Waals surface area contributed by atoms with Crippen LogP contribution in [0.3, 0.4) is 0 Å². The van der Waals surface area contributed by atoms with Gasteiger partial charge >= 0.3 is 0 Å². The van der Waals surface area contributed by atoms with Crippen molar-refractivity contribution in [2.24, 2.45) is 0 Å². The molecule has 0 unspecified atom stereocenters. The lowest BCUT2D eigenvalue weighted by atomic mass is 10.0. The number of hydrogen-bond donors (Lipinski definition) is 0. The van der Waals surface area contributed by atoms with E-state index < -0.39 is 0 Å². The average Bonchev–Trinajstić information content (AvgIpc) is 2.68. The monoisotopic (exact) mass is 216 g/mol. The van der Waals surface area contributed by atoms with E-state index >= 15 is 0 Å². The third-order valence-corrected chi connectivity index (χ3v) is 3.32. The Morgan fingerprint density at radius 3 is 2.60 bits per heavy atom. The van der Waals surface area contributed by atoms with Gasteiger partial charge in [0.1, 0.15) is 6.29 Å². The molecule has 2 rings (SSSR count). The lowest BCUT2D eigenvalue weighted by molar-refractivity contribution is -0.107. The predicted octanol–water partition coefficient (Wildman–Crippen LogP) is 3.46. The van der Waals surface area contributed by atoms with Crippen molar-refractivity contribution < 1.29 is 4.79 Å². The largest absolute Gasteiger partial charge is 0.303 e. The summed E-state index contributed by atoms with van der Waals surface area (Å²) in [4.78, 5) is 11.7. The Morgan fingerprint density at radius 2 is 1.93 bits per heavy atom. The van der Waals surface area contributed by atoms with E-state index in [9.17, 15) is 4.79 Å². The van der Waals surface area contributed by atoms with E-state index in [0.29, 0.717) is 6.42 Å². The second-order valence-corrected chi connectivity index (χ2v) is 4.49. The van der Waals surface area contributed by atoms with Crippen LogP contribution in [0.25, 0.3) is 11.1 Å². The molecule has 1 nitrogen and oxygen atoms in total. The minimum atomic E-state index is 0.515. The van der Waals surface area contributed by atoms with Gasteiger partial charge in [-0.25, -0.2) is 0 Å². The zero-order valence-electron chi connectivity index (χ0n) is 8.57. The van der Waals surface area contributed by atoms with Crippen molar-refractivity contribution in [3.8, 4) is 11.1 Å². The van der Waals surface area contributed by atoms with Crippen LogP contribution < -0.4 is 0 Å². The van der Waals surface area contributed by atoms with Gasteiger partial charge in [0.15, 0.2) is 0 Å². The topological polar surface area (TPSA) is 17.1 Å². The van der Waals surface area contributed by atoms with E-state index in [1.165, 1.54) is 16.7 Å². The molecule has 0 bridgehead atoms. The molecule has 2 heteroatoms. The first-order valence-corrected chi connectivity index (χ1v) is 5.76. The molecule has 0 saturated heterocycles. The van der Waals surface area contributed by atoms with E-state index in [1.807, 2.05) is 5.38 Å². The summed E-state index contributed by atoms with van der Waals surface area (Å²) < 4.78 is 0. The van der Waals surface area contributed by atoms with Crippen LogP contribution in [0.1, 0.15) is 10.4 Å². The average molecular weight is 216 g/mol. The molecule has 0 aliphatic carbocycles. The van der Waals surface area contributed by atoms with E-state index in [1.54, 1.807) is 11.3 Å². The standard InChI is InChI=1S/C13H12OS/c1-10-2-4-11(5-3-10)12-7-9-15-13(12)6-8-14/h2-5,7-9H,6H2,1H3. The zero-order chi connectivity index (χ0) is 10.7. The zero-order valence-corrected chi connectivity index (χ0v) is 9.38. The summed E-state index contributed by atoms with van der Waals surface area (Å²) >= 11 is 1.64. The van der Waals surface area contributed by atoms with Gasteiger partial charge < -0.3 is 4.79 Å². The van der Waals surface area contributed by atoms with Crippen LogP contribution in [0.2, 0.25) is 0 Å². The van der Waals surface area contributed by atoms with E-state index in [0.717, 1.165) is 11.2 Å². The Morgan fingerprint density at radius 1 is 1.20 bits per heavy atom. The maximum absolute atomic E-state index is 10.5. The van der Waals surface area contributed by atoms with Gasteiger partial charge in [-0.1, -0.05) is 29.8 Å². The maximum atomic E-state index is 10.5. The summed E-state index contributed by atoms with van der Waals surface area (Å²) in [5, 5.41) is 2.04. The van der Waals surface area contributed by atoms with Crippen molar-refractivity contribution in [2.45, 2.75) is 13.3 Å². The minimum Gasteiger partial charge on any atom is -0.303 e. The molecule has 1 aromatic carbocycles. The summed E-state index contributed by atoms with van der Waals surface area (Å²) in [5.41, 5.74) is 3.64. The van der Waals surface area contributed by atoms with Crippen LogP contribution in [-0.4, -0.2) is 6.29 Å². The van der Waals surface area contributed by atoms with Crippen molar-refractivity contribution in [3.05, 3.63) is 46.2 Å². The van der Waals surface area contributed by atoms with Gasteiger partial charge in [-0.05, 0) is 29.5 Å². The molecule has 1 aromatic heterocycles. The summed E-state index contributed by atoms with van der Waals surface area (Å²) in [6.45, 7) is 2.07. The number of aldehydes is 1. The van der Waals surface area contributed by atoms with Crippen molar-refractivity contribution in [1.82, 2.24) is 0 Å². The van der Waals surface area contributed by atoms with Gasteiger partial charge in [-0.3, -0.25) is 0 Å². The van der Waals surface area contributed by atoms with Gasteiger partial charge in [0.2, 0.25) is 0 Å². The molecular weight excluding hydrogens is 204 g/mol. The quantitative estimate of drug-likeness (QED) is 0.718. The second-order valence-electron chi connectivity index (χ2n) is 3.49. The number of hydrogen-bond acceptors (Lipinski definition) is 2. The summed E-state index contributed by atoms with van der Waals surface area (Å²) in [6, 6.07) is 10.5. The highest BCUT2D eigenvalue weighted by Crippen LogP contribution is 2.28. The first-order chi connectivity index (χ1) is 7.31. The Labute approximate surface area is 93.4 Å². The van der Waals surface area contributed by atoms with Crippen LogP contribution in [0, 0.1) is 6.92 Å². The number of aryl methyl sites for hydroxylation is 1. The Kier molecular flexibility index (Phi) is 2.97. The molecule has 0 atom stereocenters. The van der Waals surface area contributed by atoms with Crippen LogP contribution >= 0.6 is 11.3 Å². The fraction of sp³-hybridized carbons (Fsp3) is 0.154. The Bertz CT molecular complexity index is 454. The molecule has 0 amide bonds. The molecular formula is C13H12OS. The highest BCUT2D eigenvalue weighted by Gasteiger charge is 2.05. The molecule has 0 fully saturated rings. The molecule has 0 N–H and O–H groups in total. The van der Waals surface area contributed by atoms with Crippen molar-refractivity contribution in [2.75, 3.05) is 0 Å². The maximum Gasteiger partial charge on any atom is 0.125 e. The summed E-state index contributed by atoms with van der Waals surface area (Å²) in [6.07, 6.45) is 1.48. The van der Waals surface area contributed by atoms with Gasteiger partial charge in [0, 0.05) is 11.3 Å². The third-order valence-electron chi connectivity index (χ3n) is 2.38. The SMILES string of the molecule is Cc1ccc(-c2ccsc2CC=O)cc1. The van der Waals surface area contributed by atoms with Gasteiger partial charge in [0.25, 0.3) is 0 Å². The van der Waals surface area contributed by atoms with E-state index in [2.05, 4.69) is 37.3 Å². The van der Waals surface area contributed by atoms with Gasteiger partial charge in [-0.15, -0.1) is 11.3 Å². The normalized spacial score (nSPS) is 10.2. The lowest BCUT2D eigenvalue weighted by Crippen LogP contribution is -1.85. The number of carbonyl (C=O) groups is 1. The van der Waals surface area contributed by atoms with Crippen LogP contribution in [0.15, 0.2) is 35.7 Å². The molecule has 2 aromatic rings. The van der Waals surface area contributed by atoms with E-state index in [-0.39, 0.29) is 0 Å². The number of thiophene rings is 1. The van der Waals surface area contributed by atoms with Crippen molar-refractivity contribution in [3.63, 3.8) is 0 Å². The summed E-state index contributed by atoms with van der Waals surface area (Å²) in [7, 11) is 0. The smallest absolute Gasteiger partial charge is 0.125 e. The van der Waals surface area contributed by atoms with Gasteiger partial charge in [0.05, 0.1) is 0 Å². The molecule has 0 radical (unpaired) electrons. The first-order valence-electron chi connectivity index (χ1n) is 4.88. The third kappa shape index (κ3) is 2.16. The highest BCUT2D eigenvalue weighted by atomic mass is 32.1. The second kappa shape index (κ2) is 4.41. The van der Waals surface area contributed by atoms with Crippen LogP contribution in [0.5, 0.6) is 0 Å². The fourth-order valence-electron chi connectivity index (χ4n) is 1.56. The number of rotatable bonds is 3. The number of carbonyl (C=O) groups excluding carboxylic acids is 1. The molecule has 0 saturated carbocycles. The molecule has 0 spiro atoms. The molecule has 76 valence electrons. The van der Waals surface area contributed by atoms with E-state index in [4.69, 9.17) is 0 Å². The van der Waals surface area contributed by atoms with Gasteiger partial charge in [-0.2, -0.15) is 0 Å². The van der Waals surface area contributed by atoms with Crippen molar-refractivity contribution in [1.29, 1.82) is 0 Å². The van der Waals surface area contributed by atoms with Crippen LogP contribution in [-0.2, 0) is 11.2 Å². The predicted molar refractivity (Wildman–Crippen MR) is 64.3 cm³/mol. The molecule has 1 heterocycles. The molecule has 0 aliphatic rings. The Balaban J connectivity index is 2.40. The fourth-order valence-corrected chi connectivity index (χ4v) is 2.41. The lowest BCUT2D eigenvalue weighted by Gasteiger charge is -2.01. The Hall–Kier alpha value is -1.41. The molecule has 15 heavy (non-hydrogen) atoms. The highest BCUT2D eigenvalue weighted by molar-refractivity contribution is 7.10. The summed E-state index contributed by atoms with van der Waals surface area (Å²) in [5.74, 6) is 0. The number of benzene rings is 1. The first kappa shape index (κ1) is 10.1. The van der Waals surface area contributed by atoms with Crippen molar-refractivity contribution >= 4 is 17.6 Å². The molecule has 0 aliphatic heterocycles. The minimum absolute atomic E-state index is 0.515.